The van der Waals surface area contributed by atoms with Crippen molar-refractivity contribution in [1.82, 2.24) is 9.97 Å². The summed E-state index contributed by atoms with van der Waals surface area (Å²) in [4.78, 5) is 21.1. The Bertz CT molecular complexity index is 1090. The summed E-state index contributed by atoms with van der Waals surface area (Å²) in [6, 6.07) is 21.5. The SMILES string of the molecule is Cc1ncccc1C(=O)Nc1ccc2cc(-c3ccccc3)cnc2c1. The molecular formula is C22H17N3O. The number of nitrogens with one attached hydrogen (secondary N) is 1. The van der Waals surface area contributed by atoms with Crippen LogP contribution in [0, 0.1) is 6.92 Å². The third-order valence-electron chi connectivity index (χ3n) is 4.30. The Morgan fingerprint density at radius 2 is 1.73 bits per heavy atom. The Hall–Kier alpha value is -3.53. The van der Waals surface area contributed by atoms with Crippen LogP contribution in [0.15, 0.2) is 79.1 Å². The number of carbonyl (C=O) groups is 1. The van der Waals surface area contributed by atoms with E-state index in [0.29, 0.717) is 16.9 Å². The molecule has 0 fully saturated rings. The van der Waals surface area contributed by atoms with Gasteiger partial charge in [-0.25, -0.2) is 0 Å². The molecule has 4 rings (SSSR count). The molecule has 0 spiro atoms. The number of pyridine rings is 2. The Balaban J connectivity index is 1.62. The van der Waals surface area contributed by atoms with Crippen LogP contribution in [-0.2, 0) is 0 Å². The minimum Gasteiger partial charge on any atom is -0.322 e. The number of hydrogen-bond donors (Lipinski definition) is 1. The molecule has 0 aliphatic heterocycles. The molecule has 0 unspecified atom stereocenters. The highest BCUT2D eigenvalue weighted by atomic mass is 16.1. The molecule has 26 heavy (non-hydrogen) atoms. The molecule has 0 saturated heterocycles. The second-order valence-electron chi connectivity index (χ2n) is 6.09. The summed E-state index contributed by atoms with van der Waals surface area (Å²) in [6.45, 7) is 1.82. The summed E-state index contributed by atoms with van der Waals surface area (Å²) in [5, 5.41) is 3.95. The number of aromatic nitrogens is 2. The maximum absolute atomic E-state index is 12.4. The van der Waals surface area contributed by atoms with Crippen molar-refractivity contribution in [1.29, 1.82) is 0 Å². The predicted octanol–water partition coefficient (Wildman–Crippen LogP) is 4.86. The average molecular weight is 339 g/mol. The van der Waals surface area contributed by atoms with Gasteiger partial charge in [-0.1, -0.05) is 36.4 Å². The van der Waals surface area contributed by atoms with Gasteiger partial charge in [0.15, 0.2) is 0 Å². The molecule has 4 aromatic rings. The molecule has 2 aromatic carbocycles. The normalized spacial score (nSPS) is 10.7. The van der Waals surface area contributed by atoms with Crippen molar-refractivity contribution < 1.29 is 4.79 Å². The Kier molecular flexibility index (Phi) is 4.15. The van der Waals surface area contributed by atoms with Crippen LogP contribution < -0.4 is 5.32 Å². The molecule has 0 saturated carbocycles. The Labute approximate surface area is 151 Å². The summed E-state index contributed by atoms with van der Waals surface area (Å²) < 4.78 is 0. The number of aryl methyl sites for hydroxylation is 1. The van der Waals surface area contributed by atoms with Gasteiger partial charge in [-0.2, -0.15) is 0 Å². The molecule has 0 bridgehead atoms. The summed E-state index contributed by atoms with van der Waals surface area (Å²) in [6.07, 6.45) is 3.53. The van der Waals surface area contributed by atoms with Gasteiger partial charge in [-0.15, -0.1) is 0 Å². The first kappa shape index (κ1) is 16.0. The van der Waals surface area contributed by atoms with E-state index in [9.17, 15) is 4.79 Å². The van der Waals surface area contributed by atoms with Crippen LogP contribution in [0.4, 0.5) is 5.69 Å². The van der Waals surface area contributed by atoms with Gasteiger partial charge in [0.2, 0.25) is 0 Å². The zero-order valence-electron chi connectivity index (χ0n) is 14.3. The lowest BCUT2D eigenvalue weighted by Crippen LogP contribution is -2.13. The number of benzene rings is 2. The molecular weight excluding hydrogens is 322 g/mol. The van der Waals surface area contributed by atoms with Crippen molar-refractivity contribution in [3.63, 3.8) is 0 Å². The van der Waals surface area contributed by atoms with Gasteiger partial charge in [0.25, 0.3) is 5.91 Å². The third-order valence-corrected chi connectivity index (χ3v) is 4.30. The second kappa shape index (κ2) is 6.76. The largest absolute Gasteiger partial charge is 0.322 e. The van der Waals surface area contributed by atoms with E-state index >= 15 is 0 Å². The molecule has 0 radical (unpaired) electrons. The number of fused-ring (bicyclic) bond motifs is 1. The van der Waals surface area contributed by atoms with Gasteiger partial charge >= 0.3 is 0 Å². The molecule has 0 atom stereocenters. The molecule has 2 heterocycles. The van der Waals surface area contributed by atoms with Crippen LogP contribution in [-0.4, -0.2) is 15.9 Å². The summed E-state index contributed by atoms with van der Waals surface area (Å²) >= 11 is 0. The number of nitrogens with zero attached hydrogens (tertiary/aromatic N) is 2. The minimum absolute atomic E-state index is 0.171. The lowest BCUT2D eigenvalue weighted by Gasteiger charge is -2.09. The van der Waals surface area contributed by atoms with Crippen molar-refractivity contribution in [3.05, 3.63) is 90.4 Å². The van der Waals surface area contributed by atoms with E-state index in [1.54, 1.807) is 18.3 Å². The van der Waals surface area contributed by atoms with Crippen LogP contribution in [0.1, 0.15) is 16.1 Å². The van der Waals surface area contributed by atoms with Crippen molar-refractivity contribution in [2.24, 2.45) is 0 Å². The van der Waals surface area contributed by atoms with E-state index in [1.165, 1.54) is 0 Å². The van der Waals surface area contributed by atoms with Gasteiger partial charge < -0.3 is 5.32 Å². The highest BCUT2D eigenvalue weighted by molar-refractivity contribution is 6.05. The highest BCUT2D eigenvalue weighted by Gasteiger charge is 2.10. The topological polar surface area (TPSA) is 54.9 Å². The fourth-order valence-electron chi connectivity index (χ4n) is 2.91. The Morgan fingerprint density at radius 3 is 2.54 bits per heavy atom. The fourth-order valence-corrected chi connectivity index (χ4v) is 2.91. The van der Waals surface area contributed by atoms with E-state index in [0.717, 1.165) is 22.0 Å². The number of rotatable bonds is 3. The maximum Gasteiger partial charge on any atom is 0.257 e. The van der Waals surface area contributed by atoms with Crippen LogP contribution in [0.5, 0.6) is 0 Å². The molecule has 1 amide bonds. The van der Waals surface area contributed by atoms with Gasteiger partial charge in [0.1, 0.15) is 0 Å². The molecule has 0 aliphatic rings. The highest BCUT2D eigenvalue weighted by Crippen LogP contribution is 2.24. The number of carbonyl (C=O) groups excluding carboxylic acids is 1. The zero-order chi connectivity index (χ0) is 17.9. The molecule has 4 nitrogen and oxygen atoms in total. The summed E-state index contributed by atoms with van der Waals surface area (Å²) in [7, 11) is 0. The van der Waals surface area contributed by atoms with E-state index in [1.807, 2.05) is 49.5 Å². The first-order valence-electron chi connectivity index (χ1n) is 8.39. The molecule has 1 N–H and O–H groups in total. The Morgan fingerprint density at radius 1 is 0.885 bits per heavy atom. The predicted molar refractivity (Wildman–Crippen MR) is 104 cm³/mol. The lowest BCUT2D eigenvalue weighted by atomic mass is 10.1. The fraction of sp³-hybridized carbons (Fsp3) is 0.0455. The van der Waals surface area contributed by atoms with E-state index in [2.05, 4.69) is 33.5 Å². The molecule has 2 aromatic heterocycles. The first-order valence-corrected chi connectivity index (χ1v) is 8.39. The smallest absolute Gasteiger partial charge is 0.257 e. The zero-order valence-corrected chi connectivity index (χ0v) is 14.3. The molecule has 0 aliphatic carbocycles. The van der Waals surface area contributed by atoms with Crippen LogP contribution >= 0.6 is 0 Å². The van der Waals surface area contributed by atoms with Gasteiger partial charge in [0.05, 0.1) is 11.1 Å². The molecule has 4 heteroatoms. The van der Waals surface area contributed by atoms with Crippen molar-refractivity contribution in [2.75, 3.05) is 5.32 Å². The maximum atomic E-state index is 12.4. The van der Waals surface area contributed by atoms with Gasteiger partial charge in [0, 0.05) is 34.7 Å². The van der Waals surface area contributed by atoms with E-state index in [4.69, 9.17) is 0 Å². The number of amides is 1. The summed E-state index contributed by atoms with van der Waals surface area (Å²) in [5.74, 6) is -0.171. The number of hydrogen-bond acceptors (Lipinski definition) is 3. The quantitative estimate of drug-likeness (QED) is 0.580. The number of anilines is 1. The van der Waals surface area contributed by atoms with Gasteiger partial charge in [-0.05, 0) is 42.8 Å². The minimum atomic E-state index is -0.171. The second-order valence-corrected chi connectivity index (χ2v) is 6.09. The molecule has 126 valence electrons. The van der Waals surface area contributed by atoms with Crippen molar-refractivity contribution in [2.45, 2.75) is 6.92 Å². The third kappa shape index (κ3) is 3.17. The van der Waals surface area contributed by atoms with Crippen molar-refractivity contribution in [3.8, 4) is 11.1 Å². The van der Waals surface area contributed by atoms with Crippen LogP contribution in [0.2, 0.25) is 0 Å². The lowest BCUT2D eigenvalue weighted by molar-refractivity contribution is 0.102. The standard InChI is InChI=1S/C22H17N3O/c1-15-20(8-5-11-23-15)22(26)25-19-10-9-17-12-18(14-24-21(17)13-19)16-6-3-2-4-7-16/h2-14H,1H3,(H,25,26). The van der Waals surface area contributed by atoms with Crippen molar-refractivity contribution >= 4 is 22.5 Å². The van der Waals surface area contributed by atoms with Gasteiger partial charge in [-0.3, -0.25) is 14.8 Å². The van der Waals surface area contributed by atoms with E-state index in [-0.39, 0.29) is 5.91 Å². The first-order chi connectivity index (χ1) is 12.7. The summed E-state index contributed by atoms with van der Waals surface area (Å²) in [5.41, 5.74) is 5.03. The average Bonchev–Trinajstić information content (AvgIpc) is 2.68. The monoisotopic (exact) mass is 339 g/mol. The van der Waals surface area contributed by atoms with Crippen LogP contribution in [0.3, 0.4) is 0 Å². The van der Waals surface area contributed by atoms with Crippen LogP contribution in [0.25, 0.3) is 22.0 Å². The van der Waals surface area contributed by atoms with E-state index < -0.39 is 0 Å².